The molecular weight excluding hydrogens is 310 g/mol. The smallest absolute Gasteiger partial charge is 0.270 e. The average Bonchev–Trinajstić information content (AvgIpc) is 3.10. The molecule has 0 aromatic heterocycles. The minimum atomic E-state index is -0.461. The number of hydrogen-bond donors (Lipinski definition) is 1. The molecule has 0 aliphatic carbocycles. The lowest BCUT2D eigenvalue weighted by atomic mass is 10.1. The highest BCUT2D eigenvalue weighted by Crippen LogP contribution is 2.30. The number of nitro groups is 1. The van der Waals surface area contributed by atoms with E-state index in [1.807, 2.05) is 0 Å². The molecule has 24 heavy (non-hydrogen) atoms. The van der Waals surface area contributed by atoms with E-state index in [0.717, 1.165) is 38.0 Å². The number of anilines is 1. The summed E-state index contributed by atoms with van der Waals surface area (Å²) in [5.74, 6) is -0.0682. The molecule has 2 saturated heterocycles. The zero-order valence-corrected chi connectivity index (χ0v) is 13.7. The number of piperidine rings is 1. The standard InChI is InChI=1S/C17H23N3O4/c21-12-13-6-9-19(11-13)17(22)15-10-14(20(23)24)4-5-16(15)18-7-2-1-3-8-18/h4-5,10,13,21H,1-3,6-9,11-12H2. The van der Waals surface area contributed by atoms with Crippen molar-refractivity contribution in [2.75, 3.05) is 37.7 Å². The van der Waals surface area contributed by atoms with Crippen LogP contribution < -0.4 is 4.90 Å². The van der Waals surface area contributed by atoms with Crippen LogP contribution in [0.2, 0.25) is 0 Å². The molecule has 1 N–H and O–H groups in total. The first-order valence-electron chi connectivity index (χ1n) is 8.53. The van der Waals surface area contributed by atoms with Crippen LogP contribution in [0, 0.1) is 16.0 Å². The Balaban J connectivity index is 1.91. The highest BCUT2D eigenvalue weighted by molar-refractivity contribution is 6.00. The van der Waals surface area contributed by atoms with Crippen molar-refractivity contribution in [1.29, 1.82) is 0 Å². The largest absolute Gasteiger partial charge is 0.396 e. The van der Waals surface area contributed by atoms with Crippen molar-refractivity contribution in [2.45, 2.75) is 25.7 Å². The number of nitro benzene ring substituents is 1. The van der Waals surface area contributed by atoms with Gasteiger partial charge in [-0.1, -0.05) is 0 Å². The van der Waals surface area contributed by atoms with Crippen molar-refractivity contribution < 1.29 is 14.8 Å². The molecule has 2 aliphatic heterocycles. The van der Waals surface area contributed by atoms with Gasteiger partial charge in [-0.05, 0) is 31.7 Å². The number of nitrogens with zero attached hydrogens (tertiary/aromatic N) is 3. The van der Waals surface area contributed by atoms with Crippen LogP contribution in [0.25, 0.3) is 0 Å². The quantitative estimate of drug-likeness (QED) is 0.673. The van der Waals surface area contributed by atoms with Crippen LogP contribution in [0.15, 0.2) is 18.2 Å². The van der Waals surface area contributed by atoms with Gasteiger partial charge in [0.05, 0.1) is 16.2 Å². The van der Waals surface area contributed by atoms with Crippen LogP contribution in [0.5, 0.6) is 0 Å². The molecule has 1 unspecified atom stereocenters. The molecule has 1 atom stereocenters. The Kier molecular flexibility index (Phi) is 4.99. The molecule has 1 aromatic rings. The number of non-ortho nitro benzene ring substituents is 1. The molecule has 0 spiro atoms. The Morgan fingerprint density at radius 2 is 2.00 bits per heavy atom. The predicted molar refractivity (Wildman–Crippen MR) is 90.3 cm³/mol. The number of benzene rings is 1. The van der Waals surface area contributed by atoms with Gasteiger partial charge in [0.2, 0.25) is 0 Å². The second-order valence-corrected chi connectivity index (χ2v) is 6.59. The van der Waals surface area contributed by atoms with Gasteiger partial charge in [-0.3, -0.25) is 14.9 Å². The van der Waals surface area contributed by atoms with E-state index in [4.69, 9.17) is 0 Å². The summed E-state index contributed by atoms with van der Waals surface area (Å²) in [6.07, 6.45) is 4.09. The maximum Gasteiger partial charge on any atom is 0.270 e. The first kappa shape index (κ1) is 16.7. The van der Waals surface area contributed by atoms with E-state index in [1.165, 1.54) is 18.6 Å². The number of likely N-dealkylation sites (tertiary alicyclic amines) is 1. The third-order valence-electron chi connectivity index (χ3n) is 4.95. The van der Waals surface area contributed by atoms with Gasteiger partial charge in [0.1, 0.15) is 0 Å². The minimum absolute atomic E-state index is 0.0583. The van der Waals surface area contributed by atoms with Crippen LogP contribution in [0.3, 0.4) is 0 Å². The minimum Gasteiger partial charge on any atom is -0.396 e. The lowest BCUT2D eigenvalue weighted by Gasteiger charge is -2.31. The molecule has 3 rings (SSSR count). The fourth-order valence-electron chi connectivity index (χ4n) is 3.56. The number of aliphatic hydroxyl groups excluding tert-OH is 1. The summed E-state index contributed by atoms with van der Waals surface area (Å²) in [6.45, 7) is 2.91. The Morgan fingerprint density at radius 1 is 1.25 bits per heavy atom. The summed E-state index contributed by atoms with van der Waals surface area (Å²) in [5, 5.41) is 20.4. The van der Waals surface area contributed by atoms with Crippen molar-refractivity contribution in [3.8, 4) is 0 Å². The van der Waals surface area contributed by atoms with Gasteiger partial charge >= 0.3 is 0 Å². The van der Waals surface area contributed by atoms with Crippen molar-refractivity contribution in [1.82, 2.24) is 4.90 Å². The third-order valence-corrected chi connectivity index (χ3v) is 4.95. The topological polar surface area (TPSA) is 86.9 Å². The maximum atomic E-state index is 12.9. The van der Waals surface area contributed by atoms with Gasteiger partial charge in [0, 0.05) is 50.8 Å². The van der Waals surface area contributed by atoms with Crippen LogP contribution in [0.1, 0.15) is 36.0 Å². The fourth-order valence-corrected chi connectivity index (χ4v) is 3.56. The summed E-state index contributed by atoms with van der Waals surface area (Å²) in [6, 6.07) is 4.58. The van der Waals surface area contributed by atoms with Crippen molar-refractivity contribution >= 4 is 17.3 Å². The number of carbonyl (C=O) groups excluding carboxylic acids is 1. The molecule has 0 saturated carbocycles. The molecule has 1 amide bonds. The molecule has 2 fully saturated rings. The molecule has 2 heterocycles. The summed E-state index contributed by atoms with van der Waals surface area (Å²) >= 11 is 0. The molecule has 0 bridgehead atoms. The van der Waals surface area contributed by atoms with Gasteiger partial charge < -0.3 is 14.9 Å². The summed E-state index contributed by atoms with van der Waals surface area (Å²) < 4.78 is 0. The fraction of sp³-hybridized carbons (Fsp3) is 0.588. The van der Waals surface area contributed by atoms with E-state index in [9.17, 15) is 20.0 Å². The SMILES string of the molecule is O=C(c1cc([N+](=O)[O-])ccc1N1CCCCC1)N1CCC(CO)C1. The van der Waals surface area contributed by atoms with Gasteiger partial charge in [-0.25, -0.2) is 0 Å². The van der Waals surface area contributed by atoms with Crippen LogP contribution in [0.4, 0.5) is 11.4 Å². The van der Waals surface area contributed by atoms with E-state index in [-0.39, 0.29) is 24.1 Å². The van der Waals surface area contributed by atoms with Crippen LogP contribution in [-0.4, -0.2) is 53.6 Å². The Hall–Kier alpha value is -2.15. The molecule has 0 radical (unpaired) electrons. The summed E-state index contributed by atoms with van der Waals surface area (Å²) in [4.78, 5) is 27.5. The number of aliphatic hydroxyl groups is 1. The van der Waals surface area contributed by atoms with E-state index in [0.29, 0.717) is 18.7 Å². The van der Waals surface area contributed by atoms with Gasteiger partial charge in [-0.15, -0.1) is 0 Å². The summed E-state index contributed by atoms with van der Waals surface area (Å²) in [5.41, 5.74) is 1.14. The Morgan fingerprint density at radius 3 is 2.62 bits per heavy atom. The molecular formula is C17H23N3O4. The number of hydrogen-bond acceptors (Lipinski definition) is 5. The molecule has 130 valence electrons. The molecule has 2 aliphatic rings. The number of rotatable bonds is 4. The van der Waals surface area contributed by atoms with Gasteiger partial charge in [0.25, 0.3) is 11.6 Å². The number of carbonyl (C=O) groups is 1. The zero-order valence-electron chi connectivity index (χ0n) is 13.7. The first-order valence-corrected chi connectivity index (χ1v) is 8.53. The maximum absolute atomic E-state index is 12.9. The second-order valence-electron chi connectivity index (χ2n) is 6.59. The van der Waals surface area contributed by atoms with Crippen LogP contribution >= 0.6 is 0 Å². The molecule has 1 aromatic carbocycles. The normalized spacial score (nSPS) is 21.1. The third kappa shape index (κ3) is 3.36. The van der Waals surface area contributed by atoms with E-state index in [1.54, 1.807) is 11.0 Å². The van der Waals surface area contributed by atoms with Crippen molar-refractivity contribution in [3.63, 3.8) is 0 Å². The lowest BCUT2D eigenvalue weighted by Crippen LogP contribution is -2.34. The molecule has 7 nitrogen and oxygen atoms in total. The molecule has 7 heteroatoms. The second kappa shape index (κ2) is 7.17. The van der Waals surface area contributed by atoms with Gasteiger partial charge in [-0.2, -0.15) is 0 Å². The van der Waals surface area contributed by atoms with E-state index in [2.05, 4.69) is 4.90 Å². The average molecular weight is 333 g/mol. The van der Waals surface area contributed by atoms with Crippen molar-refractivity contribution in [3.05, 3.63) is 33.9 Å². The summed E-state index contributed by atoms with van der Waals surface area (Å²) in [7, 11) is 0. The van der Waals surface area contributed by atoms with E-state index >= 15 is 0 Å². The van der Waals surface area contributed by atoms with Crippen LogP contribution in [-0.2, 0) is 0 Å². The lowest BCUT2D eigenvalue weighted by molar-refractivity contribution is -0.384. The van der Waals surface area contributed by atoms with Gasteiger partial charge in [0.15, 0.2) is 0 Å². The Labute approximate surface area is 141 Å². The van der Waals surface area contributed by atoms with Crippen molar-refractivity contribution in [2.24, 2.45) is 5.92 Å². The first-order chi connectivity index (χ1) is 11.6. The zero-order chi connectivity index (χ0) is 17.1. The monoisotopic (exact) mass is 333 g/mol. The number of amides is 1. The Bertz CT molecular complexity index is 628. The highest BCUT2D eigenvalue weighted by Gasteiger charge is 2.30. The van der Waals surface area contributed by atoms with E-state index < -0.39 is 4.92 Å². The highest BCUT2D eigenvalue weighted by atomic mass is 16.6. The predicted octanol–water partition coefficient (Wildman–Crippen LogP) is 2.04.